The van der Waals surface area contributed by atoms with Crippen molar-refractivity contribution >= 4 is 24.0 Å². The highest BCUT2D eigenvalue weighted by Crippen LogP contribution is 2.14. The largest absolute Gasteiger partial charge is 0.471 e. The summed E-state index contributed by atoms with van der Waals surface area (Å²) >= 11 is 0. The number of nitrogens with zero attached hydrogens (tertiary/aromatic N) is 2. The molecule has 0 saturated heterocycles. The molecular formula is C20H32F6N4O6. The van der Waals surface area contributed by atoms with E-state index >= 15 is 0 Å². The Balaban J connectivity index is 5.22. The second-order valence-electron chi connectivity index (χ2n) is 7.42. The van der Waals surface area contributed by atoms with Crippen LogP contribution < -0.4 is 10.6 Å². The van der Waals surface area contributed by atoms with Gasteiger partial charge in [-0.15, -0.1) is 0 Å². The fourth-order valence-electron chi connectivity index (χ4n) is 2.43. The summed E-state index contributed by atoms with van der Waals surface area (Å²) in [6, 6.07) is 0. The molecule has 2 N–H and O–H groups in total. The van der Waals surface area contributed by atoms with Gasteiger partial charge in [-0.1, -0.05) is 26.7 Å². The first-order valence-corrected chi connectivity index (χ1v) is 11.3. The summed E-state index contributed by atoms with van der Waals surface area (Å²) in [5.41, 5.74) is 0. The van der Waals surface area contributed by atoms with Crippen LogP contribution in [0.1, 0.15) is 39.5 Å². The van der Waals surface area contributed by atoms with Crippen molar-refractivity contribution in [2.75, 3.05) is 52.5 Å². The minimum atomic E-state index is -5.12. The van der Waals surface area contributed by atoms with Crippen LogP contribution in [0.15, 0.2) is 0 Å². The van der Waals surface area contributed by atoms with Gasteiger partial charge >= 0.3 is 36.4 Å². The monoisotopic (exact) mass is 538 g/mol. The molecule has 0 fully saturated rings. The number of alkyl halides is 6. The Labute approximate surface area is 204 Å². The van der Waals surface area contributed by atoms with Crippen molar-refractivity contribution < 1.29 is 55.0 Å². The topological polar surface area (TPSA) is 117 Å². The average molecular weight is 538 g/mol. The summed E-state index contributed by atoms with van der Waals surface area (Å²) in [5, 5.41) is 3.22. The normalized spacial score (nSPS) is 11.4. The van der Waals surface area contributed by atoms with Crippen molar-refractivity contribution in [2.45, 2.75) is 51.9 Å². The van der Waals surface area contributed by atoms with E-state index in [1.807, 2.05) is 13.8 Å². The first kappa shape index (κ1) is 33.1. The maximum Gasteiger partial charge on any atom is 0.471 e. The van der Waals surface area contributed by atoms with Gasteiger partial charge in [0.1, 0.15) is 0 Å². The van der Waals surface area contributed by atoms with Crippen LogP contribution in [-0.2, 0) is 19.1 Å². The third-order valence-electron chi connectivity index (χ3n) is 4.45. The zero-order valence-corrected chi connectivity index (χ0v) is 20.1. The zero-order valence-electron chi connectivity index (χ0n) is 20.1. The van der Waals surface area contributed by atoms with Gasteiger partial charge in [-0.25, -0.2) is 9.59 Å². The third kappa shape index (κ3) is 14.5. The quantitative estimate of drug-likeness (QED) is 0.245. The second-order valence-corrected chi connectivity index (χ2v) is 7.42. The van der Waals surface area contributed by atoms with Crippen LogP contribution >= 0.6 is 0 Å². The van der Waals surface area contributed by atoms with E-state index in [9.17, 15) is 45.5 Å². The van der Waals surface area contributed by atoms with Crippen LogP contribution in [0.25, 0.3) is 0 Å². The first-order chi connectivity index (χ1) is 16.7. The van der Waals surface area contributed by atoms with E-state index < -0.39 is 62.5 Å². The smallest absolute Gasteiger partial charge is 0.449 e. The van der Waals surface area contributed by atoms with Gasteiger partial charge in [0.2, 0.25) is 0 Å². The van der Waals surface area contributed by atoms with E-state index in [1.54, 1.807) is 10.6 Å². The van der Waals surface area contributed by atoms with Crippen molar-refractivity contribution in [3.05, 3.63) is 0 Å². The molecule has 0 radical (unpaired) electrons. The SMILES string of the molecule is CCCCOC(=O)N(CCNC(=O)C(F)(F)F)CCN(CCNC(=O)C(F)(F)F)C(=O)OCCCC. The number of hydrogen-bond acceptors (Lipinski definition) is 6. The summed E-state index contributed by atoms with van der Waals surface area (Å²) in [4.78, 5) is 48.6. The van der Waals surface area contributed by atoms with Crippen molar-refractivity contribution in [1.82, 2.24) is 20.4 Å². The van der Waals surface area contributed by atoms with E-state index in [1.165, 1.54) is 0 Å². The molecule has 0 rings (SSSR count). The van der Waals surface area contributed by atoms with E-state index in [4.69, 9.17) is 9.47 Å². The zero-order chi connectivity index (χ0) is 27.8. The van der Waals surface area contributed by atoms with Gasteiger partial charge in [0, 0.05) is 39.3 Å². The molecule has 16 heteroatoms. The maximum absolute atomic E-state index is 12.4. The van der Waals surface area contributed by atoms with Crippen LogP contribution in [0.3, 0.4) is 0 Å². The van der Waals surface area contributed by atoms with Crippen molar-refractivity contribution in [2.24, 2.45) is 0 Å². The highest BCUT2D eigenvalue weighted by atomic mass is 19.4. The summed E-state index contributed by atoms with van der Waals surface area (Å²) in [6.45, 7) is 1.13. The van der Waals surface area contributed by atoms with E-state index in [2.05, 4.69) is 0 Å². The molecule has 0 aromatic heterocycles. The number of carbonyl (C=O) groups excluding carboxylic acids is 4. The van der Waals surface area contributed by atoms with E-state index in [-0.39, 0.29) is 26.3 Å². The fourth-order valence-corrected chi connectivity index (χ4v) is 2.43. The molecule has 0 aliphatic heterocycles. The lowest BCUT2D eigenvalue weighted by Crippen LogP contribution is -2.48. The van der Waals surface area contributed by atoms with Gasteiger partial charge in [-0.3, -0.25) is 9.59 Å². The lowest BCUT2D eigenvalue weighted by Gasteiger charge is -2.27. The van der Waals surface area contributed by atoms with Crippen molar-refractivity contribution in [3.8, 4) is 0 Å². The van der Waals surface area contributed by atoms with Gasteiger partial charge in [0.25, 0.3) is 0 Å². The Hall–Kier alpha value is -2.94. The Morgan fingerprint density at radius 1 is 0.639 bits per heavy atom. The van der Waals surface area contributed by atoms with Crippen LogP contribution in [0.4, 0.5) is 35.9 Å². The molecule has 4 amide bonds. The minimum absolute atomic E-state index is 0.0208. The number of hydrogen-bond donors (Lipinski definition) is 2. The summed E-state index contributed by atoms with van der Waals surface area (Å²) in [5.74, 6) is -4.41. The molecular weight excluding hydrogens is 506 g/mol. The molecule has 10 nitrogen and oxygen atoms in total. The first-order valence-electron chi connectivity index (χ1n) is 11.3. The van der Waals surface area contributed by atoms with Crippen LogP contribution in [0, 0.1) is 0 Å². The third-order valence-corrected chi connectivity index (χ3v) is 4.45. The standard InChI is InChI=1S/C20H32F6N4O6/c1-3-5-13-35-17(33)29(9-7-27-15(31)19(21,22)23)11-12-30(18(34)36-14-6-4-2)10-8-28-16(32)20(24,25)26/h3-14H2,1-2H3,(H,27,31)(H,28,32). The Morgan fingerprint density at radius 2 is 0.972 bits per heavy atom. The van der Waals surface area contributed by atoms with Crippen LogP contribution in [-0.4, -0.2) is 98.6 Å². The van der Waals surface area contributed by atoms with Gasteiger partial charge < -0.3 is 29.9 Å². The molecule has 0 aromatic carbocycles. The van der Waals surface area contributed by atoms with Crippen molar-refractivity contribution in [1.29, 1.82) is 0 Å². The summed E-state index contributed by atoms with van der Waals surface area (Å²) in [6.07, 6.45) is -9.67. The number of ether oxygens (including phenoxy) is 2. The maximum atomic E-state index is 12.4. The van der Waals surface area contributed by atoms with E-state index in [0.717, 1.165) is 9.80 Å². The van der Waals surface area contributed by atoms with Gasteiger partial charge in [-0.05, 0) is 12.8 Å². The molecule has 0 heterocycles. The molecule has 0 aromatic rings. The molecule has 0 bridgehead atoms. The average Bonchev–Trinajstić information content (AvgIpc) is 2.78. The summed E-state index contributed by atoms with van der Waals surface area (Å²) < 4.78 is 84.3. The van der Waals surface area contributed by atoms with Gasteiger partial charge in [0.05, 0.1) is 13.2 Å². The Kier molecular flexibility index (Phi) is 15.3. The molecule has 0 saturated carbocycles. The number of nitrogens with one attached hydrogen (secondary N) is 2. The van der Waals surface area contributed by atoms with Crippen LogP contribution in [0.2, 0.25) is 0 Å². The highest BCUT2D eigenvalue weighted by molar-refractivity contribution is 5.82. The second kappa shape index (κ2) is 16.7. The Bertz CT molecular complexity index is 647. The van der Waals surface area contributed by atoms with Gasteiger partial charge in [0.15, 0.2) is 0 Å². The van der Waals surface area contributed by atoms with Crippen LogP contribution in [0.5, 0.6) is 0 Å². The number of unbranched alkanes of at least 4 members (excludes halogenated alkanes) is 2. The molecule has 0 aliphatic carbocycles. The predicted molar refractivity (Wildman–Crippen MR) is 114 cm³/mol. The molecule has 0 atom stereocenters. The molecule has 0 aliphatic rings. The molecule has 0 unspecified atom stereocenters. The predicted octanol–water partition coefficient (Wildman–Crippen LogP) is 2.82. The summed E-state index contributed by atoms with van der Waals surface area (Å²) in [7, 11) is 0. The van der Waals surface area contributed by atoms with E-state index in [0.29, 0.717) is 25.7 Å². The molecule has 0 spiro atoms. The lowest BCUT2D eigenvalue weighted by molar-refractivity contribution is -0.173. The number of carbonyl (C=O) groups is 4. The fraction of sp³-hybridized carbons (Fsp3) is 0.800. The minimum Gasteiger partial charge on any atom is -0.449 e. The van der Waals surface area contributed by atoms with Crippen molar-refractivity contribution in [3.63, 3.8) is 0 Å². The number of rotatable bonds is 15. The number of halogens is 6. The lowest BCUT2D eigenvalue weighted by atomic mass is 10.4. The molecule has 36 heavy (non-hydrogen) atoms. The number of amides is 4. The molecule has 210 valence electrons. The Morgan fingerprint density at radius 3 is 1.25 bits per heavy atom. The highest BCUT2D eigenvalue weighted by Gasteiger charge is 2.39. The van der Waals surface area contributed by atoms with Gasteiger partial charge in [-0.2, -0.15) is 26.3 Å².